The van der Waals surface area contributed by atoms with E-state index in [1.807, 2.05) is 11.7 Å². The van der Waals surface area contributed by atoms with Crippen LogP contribution in [0.25, 0.3) is 11.2 Å². The van der Waals surface area contributed by atoms with Gasteiger partial charge in [-0.2, -0.15) is 16.9 Å². The Morgan fingerprint density at radius 3 is 2.95 bits per heavy atom. The van der Waals surface area contributed by atoms with Gasteiger partial charge in [-0.05, 0) is 30.3 Å². The number of alkyl halides is 1. The van der Waals surface area contributed by atoms with Crippen LogP contribution in [0.4, 0.5) is 0 Å². The lowest BCUT2D eigenvalue weighted by atomic mass is 10.1. The average Bonchev–Trinajstić information content (AvgIpc) is 3.11. The van der Waals surface area contributed by atoms with Gasteiger partial charge in [0.25, 0.3) is 0 Å². The largest absolute Gasteiger partial charge is 0.313 e. The molecule has 0 radical (unpaired) electrons. The number of aryl methyl sites for hydroxylation is 3. The second kappa shape index (κ2) is 5.98. The van der Waals surface area contributed by atoms with Crippen LogP contribution < -0.4 is 0 Å². The summed E-state index contributed by atoms with van der Waals surface area (Å²) in [7, 11) is 2.02. The van der Waals surface area contributed by atoms with Gasteiger partial charge in [0.2, 0.25) is 0 Å². The minimum absolute atomic E-state index is 0.623. The maximum absolute atomic E-state index is 5.95. The molecule has 110 valence electrons. The average molecular weight is 313 g/mol. The highest BCUT2D eigenvalue weighted by Gasteiger charge is 2.22. The summed E-state index contributed by atoms with van der Waals surface area (Å²) < 4.78 is 4.35. The predicted molar refractivity (Wildman–Crippen MR) is 85.7 cm³/mol. The summed E-state index contributed by atoms with van der Waals surface area (Å²) in [4.78, 5) is 4.82. The number of hydrogen-bond acceptors (Lipinski definition) is 3. The van der Waals surface area contributed by atoms with Gasteiger partial charge >= 0.3 is 0 Å². The Hall–Kier alpha value is -0.680. The molecule has 3 rings (SSSR count). The molecule has 0 N–H and O–H groups in total. The summed E-state index contributed by atoms with van der Waals surface area (Å²) in [5.41, 5.74) is 3.33. The van der Waals surface area contributed by atoms with E-state index >= 15 is 0 Å². The number of halogens is 1. The van der Waals surface area contributed by atoms with E-state index in [1.54, 1.807) is 0 Å². The molecule has 0 bridgehead atoms. The Balaban J connectivity index is 2.05. The van der Waals surface area contributed by atoms with Crippen LogP contribution in [-0.2, 0) is 26.4 Å². The Bertz CT molecular complexity index is 598. The minimum Gasteiger partial charge on any atom is -0.313 e. The smallest absolute Gasteiger partial charge is 0.158 e. The number of fused-ring (bicyclic) bond motifs is 1. The van der Waals surface area contributed by atoms with Gasteiger partial charge in [-0.25, -0.2) is 4.98 Å². The van der Waals surface area contributed by atoms with Crippen molar-refractivity contribution in [3.63, 3.8) is 0 Å². The first-order chi connectivity index (χ1) is 9.74. The lowest BCUT2D eigenvalue weighted by molar-refractivity contribution is 0.483. The second-order valence-corrected chi connectivity index (χ2v) is 6.93. The highest BCUT2D eigenvalue weighted by molar-refractivity contribution is 7.99. The van der Waals surface area contributed by atoms with E-state index in [0.717, 1.165) is 42.3 Å². The van der Waals surface area contributed by atoms with Crippen LogP contribution >= 0.6 is 23.4 Å². The van der Waals surface area contributed by atoms with Crippen LogP contribution in [0.3, 0.4) is 0 Å². The fourth-order valence-corrected chi connectivity index (χ4v) is 4.42. The Labute approximate surface area is 128 Å². The standard InChI is InChI=1S/C14H21ClN4S/c1-3-11-13-14(18(2)17-11)19(12(16-13)4-6-15)8-10-5-7-20-9-10/h10H,3-9H2,1-2H3. The molecule has 0 aliphatic carbocycles. The third-order valence-corrected chi connectivity index (χ3v) is 5.41. The Kier molecular flexibility index (Phi) is 4.26. The van der Waals surface area contributed by atoms with Gasteiger partial charge in [0, 0.05) is 25.9 Å². The third-order valence-electron chi connectivity index (χ3n) is 3.99. The van der Waals surface area contributed by atoms with Crippen LogP contribution in [0, 0.1) is 5.92 Å². The number of rotatable bonds is 5. The maximum atomic E-state index is 5.95. The summed E-state index contributed by atoms with van der Waals surface area (Å²) in [6.45, 7) is 3.19. The van der Waals surface area contributed by atoms with Gasteiger partial charge in [0.1, 0.15) is 11.3 Å². The fourth-order valence-electron chi connectivity index (χ4n) is 2.98. The fraction of sp³-hybridized carbons (Fsp3) is 0.714. The summed E-state index contributed by atoms with van der Waals surface area (Å²) >= 11 is 8.01. The van der Waals surface area contributed by atoms with Crippen molar-refractivity contribution in [2.24, 2.45) is 13.0 Å². The van der Waals surface area contributed by atoms with Crippen molar-refractivity contribution in [2.75, 3.05) is 17.4 Å². The molecule has 0 aromatic carbocycles. The normalized spacial score (nSPS) is 19.2. The van der Waals surface area contributed by atoms with E-state index in [4.69, 9.17) is 16.6 Å². The van der Waals surface area contributed by atoms with E-state index in [9.17, 15) is 0 Å². The van der Waals surface area contributed by atoms with Gasteiger partial charge < -0.3 is 4.57 Å². The number of nitrogens with zero attached hydrogens (tertiary/aromatic N) is 4. The van der Waals surface area contributed by atoms with Crippen LogP contribution in [0.15, 0.2) is 0 Å². The van der Waals surface area contributed by atoms with E-state index in [0.29, 0.717) is 5.88 Å². The number of thioether (sulfide) groups is 1. The highest BCUT2D eigenvalue weighted by Crippen LogP contribution is 2.28. The first-order valence-electron chi connectivity index (χ1n) is 7.29. The second-order valence-electron chi connectivity index (χ2n) is 5.40. The molecule has 1 aliphatic rings. The Morgan fingerprint density at radius 1 is 1.45 bits per heavy atom. The summed E-state index contributed by atoms with van der Waals surface area (Å²) in [6.07, 6.45) is 3.07. The van der Waals surface area contributed by atoms with E-state index in [1.165, 1.54) is 23.6 Å². The molecule has 1 atom stereocenters. The van der Waals surface area contributed by atoms with Crippen LogP contribution in [0.5, 0.6) is 0 Å². The van der Waals surface area contributed by atoms with Crippen LogP contribution in [-0.4, -0.2) is 36.7 Å². The Morgan fingerprint density at radius 2 is 2.30 bits per heavy atom. The monoisotopic (exact) mass is 312 g/mol. The maximum Gasteiger partial charge on any atom is 0.158 e. The number of aromatic nitrogens is 4. The van der Waals surface area contributed by atoms with Crippen molar-refractivity contribution < 1.29 is 0 Å². The topological polar surface area (TPSA) is 35.6 Å². The molecule has 1 saturated heterocycles. The molecule has 0 spiro atoms. The highest BCUT2D eigenvalue weighted by atomic mass is 35.5. The molecule has 0 saturated carbocycles. The molecule has 20 heavy (non-hydrogen) atoms. The zero-order chi connectivity index (χ0) is 14.1. The molecule has 4 nitrogen and oxygen atoms in total. The first kappa shape index (κ1) is 14.3. The van der Waals surface area contributed by atoms with Gasteiger partial charge in [-0.3, -0.25) is 4.68 Å². The van der Waals surface area contributed by atoms with E-state index in [-0.39, 0.29) is 0 Å². The molecule has 0 amide bonds. The zero-order valence-electron chi connectivity index (χ0n) is 12.1. The van der Waals surface area contributed by atoms with Gasteiger partial charge in [0.15, 0.2) is 5.65 Å². The number of imidazole rings is 1. The van der Waals surface area contributed by atoms with Crippen molar-refractivity contribution in [1.82, 2.24) is 19.3 Å². The molecule has 1 unspecified atom stereocenters. The quantitative estimate of drug-likeness (QED) is 0.796. The summed E-state index contributed by atoms with van der Waals surface area (Å²) in [5, 5.41) is 4.60. The lowest BCUT2D eigenvalue weighted by Crippen LogP contribution is -2.15. The van der Waals surface area contributed by atoms with Crippen molar-refractivity contribution in [3.8, 4) is 0 Å². The van der Waals surface area contributed by atoms with Crippen molar-refractivity contribution in [3.05, 3.63) is 11.5 Å². The van der Waals surface area contributed by atoms with Crippen molar-refractivity contribution >= 4 is 34.5 Å². The third kappa shape index (κ3) is 2.46. The molecule has 2 aromatic rings. The number of hydrogen-bond donors (Lipinski definition) is 0. The van der Waals surface area contributed by atoms with Crippen LogP contribution in [0.2, 0.25) is 0 Å². The predicted octanol–water partition coefficient (Wildman–Crippen LogP) is 2.87. The molecule has 3 heterocycles. The van der Waals surface area contributed by atoms with Crippen molar-refractivity contribution in [2.45, 2.75) is 32.7 Å². The molecule has 1 fully saturated rings. The minimum atomic E-state index is 0.623. The van der Waals surface area contributed by atoms with E-state index in [2.05, 4.69) is 28.4 Å². The summed E-state index contributed by atoms with van der Waals surface area (Å²) in [6, 6.07) is 0. The van der Waals surface area contributed by atoms with E-state index < -0.39 is 0 Å². The summed E-state index contributed by atoms with van der Waals surface area (Å²) in [5.74, 6) is 5.05. The SMILES string of the molecule is CCc1nn(C)c2c1nc(CCCl)n2CC1CCSC1. The first-order valence-corrected chi connectivity index (χ1v) is 8.98. The lowest BCUT2D eigenvalue weighted by Gasteiger charge is -2.13. The molecular weight excluding hydrogens is 292 g/mol. The van der Waals surface area contributed by atoms with Gasteiger partial charge in [0.05, 0.1) is 5.69 Å². The van der Waals surface area contributed by atoms with Gasteiger partial charge in [-0.15, -0.1) is 11.6 Å². The molecule has 6 heteroatoms. The molecule has 2 aromatic heterocycles. The zero-order valence-corrected chi connectivity index (χ0v) is 13.7. The molecule has 1 aliphatic heterocycles. The van der Waals surface area contributed by atoms with Crippen LogP contribution in [0.1, 0.15) is 24.9 Å². The van der Waals surface area contributed by atoms with Gasteiger partial charge in [-0.1, -0.05) is 6.92 Å². The molecular formula is C14H21ClN4S. The van der Waals surface area contributed by atoms with Crippen molar-refractivity contribution in [1.29, 1.82) is 0 Å².